The Hall–Kier alpha value is -2.90. The first-order valence-corrected chi connectivity index (χ1v) is 8.65. The third-order valence-electron chi connectivity index (χ3n) is 4.92. The summed E-state index contributed by atoms with van der Waals surface area (Å²) in [7, 11) is 0. The standard InChI is InChI=1S/C18H21N3O5/c22-14(20-18(11-15(23)24)8-3-4-9-18)7-10-21-13-6-2-1-5-12(13)16(25)19-17(21)26/h1-2,5-6H,3-4,7-11H2,(H,20,22)(H,23,24)(H,19,25,26). The average Bonchev–Trinajstić information content (AvgIpc) is 3.01. The highest BCUT2D eigenvalue weighted by Gasteiger charge is 2.37. The van der Waals surface area contributed by atoms with Crippen LogP contribution < -0.4 is 16.6 Å². The lowest BCUT2D eigenvalue weighted by atomic mass is 9.93. The molecule has 0 aliphatic heterocycles. The zero-order valence-corrected chi connectivity index (χ0v) is 14.3. The molecule has 2 aromatic rings. The molecule has 1 aromatic heterocycles. The van der Waals surface area contributed by atoms with E-state index in [1.807, 2.05) is 0 Å². The van der Waals surface area contributed by atoms with Crippen molar-refractivity contribution in [2.24, 2.45) is 0 Å². The maximum atomic E-state index is 12.4. The van der Waals surface area contributed by atoms with Gasteiger partial charge in [-0.1, -0.05) is 25.0 Å². The minimum Gasteiger partial charge on any atom is -0.481 e. The van der Waals surface area contributed by atoms with Crippen molar-refractivity contribution in [2.45, 2.75) is 50.6 Å². The summed E-state index contributed by atoms with van der Waals surface area (Å²) in [6, 6.07) is 6.70. The molecule has 0 saturated heterocycles. The maximum Gasteiger partial charge on any atom is 0.328 e. The molecule has 0 bridgehead atoms. The van der Waals surface area contributed by atoms with Gasteiger partial charge in [0.1, 0.15) is 0 Å². The van der Waals surface area contributed by atoms with E-state index in [1.54, 1.807) is 24.3 Å². The molecule has 1 fully saturated rings. The minimum absolute atomic E-state index is 0.0251. The molecule has 3 N–H and O–H groups in total. The molecule has 0 radical (unpaired) electrons. The smallest absolute Gasteiger partial charge is 0.328 e. The number of para-hydroxylation sites is 1. The van der Waals surface area contributed by atoms with E-state index in [4.69, 9.17) is 5.11 Å². The number of rotatable bonds is 6. The van der Waals surface area contributed by atoms with Crippen LogP contribution in [0.3, 0.4) is 0 Å². The van der Waals surface area contributed by atoms with Gasteiger partial charge in [0.2, 0.25) is 5.91 Å². The predicted molar refractivity (Wildman–Crippen MR) is 95.0 cm³/mol. The third-order valence-corrected chi connectivity index (χ3v) is 4.92. The van der Waals surface area contributed by atoms with Crippen LogP contribution in [0.5, 0.6) is 0 Å². The maximum absolute atomic E-state index is 12.4. The molecule has 26 heavy (non-hydrogen) atoms. The first kappa shape index (κ1) is 17.9. The first-order valence-electron chi connectivity index (χ1n) is 8.65. The zero-order valence-electron chi connectivity index (χ0n) is 14.3. The summed E-state index contributed by atoms with van der Waals surface area (Å²) < 4.78 is 1.36. The molecule has 8 nitrogen and oxygen atoms in total. The number of carboxylic acid groups (broad SMARTS) is 1. The average molecular weight is 359 g/mol. The van der Waals surface area contributed by atoms with Crippen molar-refractivity contribution in [3.63, 3.8) is 0 Å². The normalized spacial score (nSPS) is 15.8. The van der Waals surface area contributed by atoms with E-state index in [0.29, 0.717) is 23.7 Å². The molecular weight excluding hydrogens is 338 g/mol. The number of fused-ring (bicyclic) bond motifs is 1. The van der Waals surface area contributed by atoms with Gasteiger partial charge in [0, 0.05) is 13.0 Å². The fourth-order valence-corrected chi connectivity index (χ4v) is 3.72. The molecule has 0 unspecified atom stereocenters. The number of H-pyrrole nitrogens is 1. The summed E-state index contributed by atoms with van der Waals surface area (Å²) in [5.41, 5.74) is -1.25. The van der Waals surface area contributed by atoms with Crippen molar-refractivity contribution >= 4 is 22.8 Å². The Labute approximate surface area is 148 Å². The van der Waals surface area contributed by atoms with E-state index in [9.17, 15) is 19.2 Å². The highest BCUT2D eigenvalue weighted by Crippen LogP contribution is 2.32. The molecule has 1 aliphatic rings. The van der Waals surface area contributed by atoms with Crippen molar-refractivity contribution in [1.82, 2.24) is 14.9 Å². The number of benzene rings is 1. The van der Waals surface area contributed by atoms with Crippen LogP contribution in [0.15, 0.2) is 33.9 Å². The highest BCUT2D eigenvalue weighted by molar-refractivity contribution is 5.80. The summed E-state index contributed by atoms with van der Waals surface area (Å²) in [5, 5.41) is 12.4. The van der Waals surface area contributed by atoms with E-state index in [-0.39, 0.29) is 25.3 Å². The van der Waals surface area contributed by atoms with Crippen LogP contribution >= 0.6 is 0 Å². The van der Waals surface area contributed by atoms with E-state index >= 15 is 0 Å². The summed E-state index contributed by atoms with van der Waals surface area (Å²) in [6.45, 7) is 0.102. The SMILES string of the molecule is O=C(O)CC1(NC(=O)CCn2c(=O)[nH]c(=O)c3ccccc32)CCCC1. The number of aliphatic carboxylic acids is 1. The highest BCUT2D eigenvalue weighted by atomic mass is 16.4. The van der Waals surface area contributed by atoms with Gasteiger partial charge in [0.05, 0.1) is 22.9 Å². The van der Waals surface area contributed by atoms with Gasteiger partial charge in [-0.15, -0.1) is 0 Å². The van der Waals surface area contributed by atoms with Crippen molar-refractivity contribution in [3.8, 4) is 0 Å². The number of carbonyl (C=O) groups is 2. The number of carbonyl (C=O) groups excluding carboxylic acids is 1. The number of nitrogens with one attached hydrogen (secondary N) is 2. The molecule has 1 aliphatic carbocycles. The van der Waals surface area contributed by atoms with E-state index < -0.39 is 22.8 Å². The van der Waals surface area contributed by atoms with E-state index in [1.165, 1.54) is 4.57 Å². The van der Waals surface area contributed by atoms with Crippen molar-refractivity contribution < 1.29 is 14.7 Å². The number of aromatic amines is 1. The van der Waals surface area contributed by atoms with Crippen molar-refractivity contribution in [1.29, 1.82) is 0 Å². The van der Waals surface area contributed by atoms with Crippen LogP contribution in [0.2, 0.25) is 0 Å². The second kappa shape index (κ2) is 7.15. The molecule has 138 valence electrons. The van der Waals surface area contributed by atoms with Gasteiger partial charge in [-0.05, 0) is 25.0 Å². The van der Waals surface area contributed by atoms with Crippen LogP contribution in [-0.4, -0.2) is 32.1 Å². The van der Waals surface area contributed by atoms with Gasteiger partial charge < -0.3 is 10.4 Å². The van der Waals surface area contributed by atoms with Gasteiger partial charge >= 0.3 is 11.7 Å². The summed E-state index contributed by atoms with van der Waals surface area (Å²) in [4.78, 5) is 49.7. The van der Waals surface area contributed by atoms with Gasteiger partial charge in [-0.25, -0.2) is 4.79 Å². The molecule has 1 heterocycles. The Balaban J connectivity index is 1.76. The summed E-state index contributed by atoms with van der Waals surface area (Å²) in [5.74, 6) is -1.23. The van der Waals surface area contributed by atoms with Gasteiger partial charge in [-0.2, -0.15) is 0 Å². The largest absolute Gasteiger partial charge is 0.481 e. The molecule has 1 amide bonds. The Morgan fingerprint density at radius 2 is 1.88 bits per heavy atom. The number of nitrogens with zero attached hydrogens (tertiary/aromatic N) is 1. The Bertz CT molecular complexity index is 953. The van der Waals surface area contributed by atoms with E-state index in [2.05, 4.69) is 10.3 Å². The number of aromatic nitrogens is 2. The lowest BCUT2D eigenvalue weighted by Gasteiger charge is -2.28. The molecule has 0 spiro atoms. The third kappa shape index (κ3) is 3.68. The first-order chi connectivity index (χ1) is 12.4. The minimum atomic E-state index is -0.935. The topological polar surface area (TPSA) is 121 Å². The second-order valence-corrected chi connectivity index (χ2v) is 6.78. The fourth-order valence-electron chi connectivity index (χ4n) is 3.72. The number of hydrogen-bond acceptors (Lipinski definition) is 4. The fraction of sp³-hybridized carbons (Fsp3) is 0.444. The molecular formula is C18H21N3O5. The number of carboxylic acids is 1. The molecule has 1 aromatic carbocycles. The predicted octanol–water partition coefficient (Wildman–Crippen LogP) is 0.984. The molecule has 8 heteroatoms. The quantitative estimate of drug-likeness (QED) is 0.710. The monoisotopic (exact) mass is 359 g/mol. The number of amides is 1. The Morgan fingerprint density at radius 1 is 1.19 bits per heavy atom. The number of hydrogen-bond donors (Lipinski definition) is 3. The van der Waals surface area contributed by atoms with Crippen LogP contribution in [0.25, 0.3) is 10.9 Å². The number of aryl methyl sites for hydroxylation is 1. The zero-order chi connectivity index (χ0) is 18.7. The summed E-state index contributed by atoms with van der Waals surface area (Å²) in [6.07, 6.45) is 2.99. The molecule has 0 atom stereocenters. The van der Waals surface area contributed by atoms with Crippen LogP contribution in [0, 0.1) is 0 Å². The van der Waals surface area contributed by atoms with Gasteiger partial charge in [0.25, 0.3) is 5.56 Å². The lowest BCUT2D eigenvalue weighted by molar-refractivity contribution is -0.139. The van der Waals surface area contributed by atoms with Gasteiger partial charge in [-0.3, -0.25) is 23.9 Å². The van der Waals surface area contributed by atoms with E-state index in [0.717, 1.165) is 12.8 Å². The molecule has 3 rings (SSSR count). The lowest BCUT2D eigenvalue weighted by Crippen LogP contribution is -2.48. The van der Waals surface area contributed by atoms with Crippen LogP contribution in [-0.2, 0) is 16.1 Å². The van der Waals surface area contributed by atoms with Crippen molar-refractivity contribution in [2.75, 3.05) is 0 Å². The van der Waals surface area contributed by atoms with Gasteiger partial charge in [0.15, 0.2) is 0 Å². The Kier molecular flexibility index (Phi) is 4.92. The van der Waals surface area contributed by atoms with Crippen molar-refractivity contribution in [3.05, 3.63) is 45.1 Å². The second-order valence-electron chi connectivity index (χ2n) is 6.78. The molecule has 1 saturated carbocycles. The summed E-state index contributed by atoms with van der Waals surface area (Å²) >= 11 is 0. The van der Waals surface area contributed by atoms with Crippen LogP contribution in [0.4, 0.5) is 0 Å². The van der Waals surface area contributed by atoms with Crippen LogP contribution in [0.1, 0.15) is 38.5 Å². The Morgan fingerprint density at radius 3 is 2.58 bits per heavy atom.